The summed E-state index contributed by atoms with van der Waals surface area (Å²) in [4.78, 5) is 9.11. The maximum absolute atomic E-state index is 4.65. The summed E-state index contributed by atoms with van der Waals surface area (Å²) in [7, 11) is 0. The van der Waals surface area contributed by atoms with Gasteiger partial charge in [-0.15, -0.1) is 0 Å². The van der Waals surface area contributed by atoms with Crippen LogP contribution in [0.1, 0.15) is 12.5 Å². The first kappa shape index (κ1) is 11.5. The zero-order chi connectivity index (χ0) is 13.4. The molecule has 0 saturated carbocycles. The Morgan fingerprint density at radius 1 is 1.15 bits per heavy atom. The zero-order valence-electron chi connectivity index (χ0n) is 11.0. The predicted molar refractivity (Wildman–Crippen MR) is 77.3 cm³/mol. The molecule has 1 aliphatic heterocycles. The number of rotatable bonds is 2. The van der Waals surface area contributed by atoms with E-state index in [1.165, 1.54) is 0 Å². The van der Waals surface area contributed by atoms with Crippen molar-refractivity contribution in [3.8, 4) is 11.3 Å². The topological polar surface area (TPSA) is 55.6 Å². The molecule has 5 heteroatoms. The number of aromatic nitrogens is 4. The third-order valence-electron chi connectivity index (χ3n) is 3.75. The van der Waals surface area contributed by atoms with Crippen molar-refractivity contribution in [2.75, 3.05) is 13.1 Å². The van der Waals surface area contributed by atoms with Gasteiger partial charge in [0, 0.05) is 18.3 Å². The highest BCUT2D eigenvalue weighted by molar-refractivity contribution is 5.76. The van der Waals surface area contributed by atoms with Crippen LogP contribution in [0.4, 0.5) is 0 Å². The van der Waals surface area contributed by atoms with E-state index in [0.717, 1.165) is 41.8 Å². The molecule has 100 valence electrons. The summed E-state index contributed by atoms with van der Waals surface area (Å²) in [5, 5.41) is 7.82. The molecule has 1 saturated heterocycles. The molecule has 2 aromatic heterocycles. The Morgan fingerprint density at radius 3 is 2.90 bits per heavy atom. The number of fused-ring (bicyclic) bond motifs is 1. The highest BCUT2D eigenvalue weighted by Crippen LogP contribution is 2.21. The number of nitrogens with zero attached hydrogens (tertiary/aromatic N) is 4. The summed E-state index contributed by atoms with van der Waals surface area (Å²) in [5.74, 6) is 0. The normalized spacial score (nSPS) is 18.7. The molecule has 3 aromatic rings. The minimum absolute atomic E-state index is 0.456. The Labute approximate surface area is 116 Å². The highest BCUT2D eigenvalue weighted by atomic mass is 15.3. The van der Waals surface area contributed by atoms with E-state index in [1.54, 1.807) is 0 Å². The number of nitrogens with one attached hydrogen (secondary N) is 1. The minimum Gasteiger partial charge on any atom is -0.315 e. The average Bonchev–Trinajstić information content (AvgIpc) is 3.17. The van der Waals surface area contributed by atoms with Crippen LogP contribution in [0.2, 0.25) is 0 Å². The fourth-order valence-electron chi connectivity index (χ4n) is 2.63. The van der Waals surface area contributed by atoms with Crippen molar-refractivity contribution in [1.29, 1.82) is 0 Å². The van der Waals surface area contributed by atoms with E-state index in [0.29, 0.717) is 6.04 Å². The van der Waals surface area contributed by atoms with Crippen molar-refractivity contribution < 1.29 is 0 Å². The van der Waals surface area contributed by atoms with Crippen LogP contribution < -0.4 is 5.32 Å². The van der Waals surface area contributed by atoms with Gasteiger partial charge in [0.05, 0.1) is 35.2 Å². The van der Waals surface area contributed by atoms with E-state index in [9.17, 15) is 0 Å². The first-order chi connectivity index (χ1) is 9.90. The molecule has 1 unspecified atom stereocenters. The SMILES string of the molecule is c1ccc2nc(-c3cnn(C4CCNC4)c3)cnc2c1. The van der Waals surface area contributed by atoms with Gasteiger partial charge in [0.1, 0.15) is 0 Å². The first-order valence-corrected chi connectivity index (χ1v) is 6.87. The molecule has 0 spiro atoms. The van der Waals surface area contributed by atoms with Gasteiger partial charge in [-0.3, -0.25) is 9.67 Å². The van der Waals surface area contributed by atoms with Gasteiger partial charge < -0.3 is 5.32 Å². The van der Waals surface area contributed by atoms with Crippen LogP contribution in [0.5, 0.6) is 0 Å². The third-order valence-corrected chi connectivity index (χ3v) is 3.75. The van der Waals surface area contributed by atoms with Crippen LogP contribution >= 0.6 is 0 Å². The van der Waals surface area contributed by atoms with Gasteiger partial charge >= 0.3 is 0 Å². The lowest BCUT2D eigenvalue weighted by Crippen LogP contribution is -2.13. The number of para-hydroxylation sites is 2. The molecular formula is C15H15N5. The molecule has 20 heavy (non-hydrogen) atoms. The van der Waals surface area contributed by atoms with Gasteiger partial charge in [-0.25, -0.2) is 4.98 Å². The fourth-order valence-corrected chi connectivity index (χ4v) is 2.63. The maximum atomic E-state index is 4.65. The van der Waals surface area contributed by atoms with Crippen LogP contribution in [0.3, 0.4) is 0 Å². The van der Waals surface area contributed by atoms with E-state index in [1.807, 2.05) is 41.3 Å². The Bertz CT molecular complexity index is 743. The standard InChI is InChI=1S/C15H15N5/c1-2-4-14-13(3-1)17-9-15(19-14)11-7-18-20(10-11)12-5-6-16-8-12/h1-4,7,9-10,12,16H,5-6,8H2. The van der Waals surface area contributed by atoms with Crippen LogP contribution in [0, 0.1) is 0 Å². The van der Waals surface area contributed by atoms with Crippen molar-refractivity contribution >= 4 is 11.0 Å². The molecule has 3 heterocycles. The second kappa shape index (κ2) is 4.68. The van der Waals surface area contributed by atoms with Crippen molar-refractivity contribution in [3.63, 3.8) is 0 Å². The van der Waals surface area contributed by atoms with Gasteiger partial charge in [-0.1, -0.05) is 12.1 Å². The summed E-state index contributed by atoms with van der Waals surface area (Å²) in [5.41, 5.74) is 3.74. The minimum atomic E-state index is 0.456. The maximum Gasteiger partial charge on any atom is 0.0924 e. The monoisotopic (exact) mass is 265 g/mol. The average molecular weight is 265 g/mol. The van der Waals surface area contributed by atoms with Crippen molar-refractivity contribution in [1.82, 2.24) is 25.1 Å². The van der Waals surface area contributed by atoms with Crippen molar-refractivity contribution in [3.05, 3.63) is 42.9 Å². The summed E-state index contributed by atoms with van der Waals surface area (Å²) in [6, 6.07) is 8.37. The van der Waals surface area contributed by atoms with Crippen LogP contribution in [-0.4, -0.2) is 32.8 Å². The Morgan fingerprint density at radius 2 is 2.05 bits per heavy atom. The molecule has 4 rings (SSSR count). The van der Waals surface area contributed by atoms with Gasteiger partial charge in [-0.2, -0.15) is 5.10 Å². The lowest BCUT2D eigenvalue weighted by atomic mass is 10.2. The molecule has 1 atom stereocenters. The summed E-state index contributed by atoms with van der Waals surface area (Å²) < 4.78 is 2.03. The predicted octanol–water partition coefficient (Wildman–Crippen LogP) is 2.03. The molecule has 0 radical (unpaired) electrons. The molecule has 5 nitrogen and oxygen atoms in total. The summed E-state index contributed by atoms with van der Waals surface area (Å²) in [6.07, 6.45) is 6.88. The molecule has 0 amide bonds. The number of hydrogen-bond donors (Lipinski definition) is 1. The van der Waals surface area contributed by atoms with Crippen molar-refractivity contribution in [2.24, 2.45) is 0 Å². The molecule has 1 aromatic carbocycles. The number of hydrogen-bond acceptors (Lipinski definition) is 4. The largest absolute Gasteiger partial charge is 0.315 e. The highest BCUT2D eigenvalue weighted by Gasteiger charge is 2.17. The van der Waals surface area contributed by atoms with Crippen LogP contribution in [0.25, 0.3) is 22.3 Å². The Kier molecular flexibility index (Phi) is 2.70. The smallest absolute Gasteiger partial charge is 0.0924 e. The molecule has 1 N–H and O–H groups in total. The van der Waals surface area contributed by atoms with Gasteiger partial charge in [0.25, 0.3) is 0 Å². The molecule has 0 bridgehead atoms. The lowest BCUT2D eigenvalue weighted by Gasteiger charge is -2.07. The van der Waals surface area contributed by atoms with Gasteiger partial charge in [-0.05, 0) is 25.1 Å². The van der Waals surface area contributed by atoms with Crippen LogP contribution in [0.15, 0.2) is 42.9 Å². The van der Waals surface area contributed by atoms with E-state index >= 15 is 0 Å². The molecule has 0 aliphatic carbocycles. The van der Waals surface area contributed by atoms with Crippen molar-refractivity contribution in [2.45, 2.75) is 12.5 Å². The quantitative estimate of drug-likeness (QED) is 0.770. The van der Waals surface area contributed by atoms with E-state index in [2.05, 4.69) is 26.6 Å². The molecule has 1 fully saturated rings. The molecule has 1 aliphatic rings. The van der Waals surface area contributed by atoms with Crippen LogP contribution in [-0.2, 0) is 0 Å². The van der Waals surface area contributed by atoms with E-state index in [4.69, 9.17) is 0 Å². The Hall–Kier alpha value is -2.27. The summed E-state index contributed by atoms with van der Waals surface area (Å²) in [6.45, 7) is 2.06. The zero-order valence-corrected chi connectivity index (χ0v) is 11.0. The van der Waals surface area contributed by atoms with Gasteiger partial charge in [0.2, 0.25) is 0 Å². The van der Waals surface area contributed by atoms with E-state index < -0.39 is 0 Å². The molecular weight excluding hydrogens is 250 g/mol. The lowest BCUT2D eigenvalue weighted by molar-refractivity contribution is 0.491. The van der Waals surface area contributed by atoms with Gasteiger partial charge in [0.15, 0.2) is 0 Å². The second-order valence-electron chi connectivity index (χ2n) is 5.10. The second-order valence-corrected chi connectivity index (χ2v) is 5.10. The fraction of sp³-hybridized carbons (Fsp3) is 0.267. The summed E-state index contributed by atoms with van der Waals surface area (Å²) >= 11 is 0. The number of benzene rings is 1. The third kappa shape index (κ3) is 1.96. The van der Waals surface area contributed by atoms with E-state index in [-0.39, 0.29) is 0 Å². The Balaban J connectivity index is 1.71. The first-order valence-electron chi connectivity index (χ1n) is 6.87.